The molecule has 57 heavy (non-hydrogen) atoms. The summed E-state index contributed by atoms with van der Waals surface area (Å²) in [6.07, 6.45) is 6.02. The predicted octanol–water partition coefficient (Wildman–Crippen LogP) is 13.1. The molecular formula is C52H37N5. The number of allylic oxidation sites excluding steroid dienone is 5. The summed E-state index contributed by atoms with van der Waals surface area (Å²) in [6, 6.07) is 61.6. The van der Waals surface area contributed by atoms with Crippen molar-refractivity contribution < 1.29 is 0 Å². The molecule has 0 saturated carbocycles. The summed E-state index contributed by atoms with van der Waals surface area (Å²) in [5.41, 5.74) is 11.8. The van der Waals surface area contributed by atoms with E-state index in [1.165, 1.54) is 21.9 Å². The van der Waals surface area contributed by atoms with Crippen LogP contribution in [0.3, 0.4) is 0 Å². The maximum atomic E-state index is 5.22. The average Bonchev–Trinajstić information content (AvgIpc) is 3.80. The molecule has 3 aromatic heterocycles. The number of fused-ring (bicyclic) bond motifs is 7. The number of para-hydroxylation sites is 2. The van der Waals surface area contributed by atoms with Gasteiger partial charge in [-0.15, -0.1) is 0 Å². The minimum atomic E-state index is 0.562. The van der Waals surface area contributed by atoms with E-state index in [1.807, 2.05) is 61.5 Å². The zero-order valence-corrected chi connectivity index (χ0v) is 31.4. The summed E-state index contributed by atoms with van der Waals surface area (Å²) in [5.74, 6) is 1.78. The fraction of sp³-hybridized carbons (Fsp3) is 0.0192. The molecule has 10 aromatic rings. The van der Waals surface area contributed by atoms with Crippen LogP contribution in [0.15, 0.2) is 201 Å². The highest BCUT2D eigenvalue weighted by Crippen LogP contribution is 2.42. The maximum Gasteiger partial charge on any atom is 0.238 e. The summed E-state index contributed by atoms with van der Waals surface area (Å²) >= 11 is 0. The molecular weight excluding hydrogens is 695 g/mol. The van der Waals surface area contributed by atoms with Crippen molar-refractivity contribution in [1.82, 2.24) is 24.1 Å². The smallest absolute Gasteiger partial charge is 0.238 e. The number of nitrogens with zero attached hydrogens (tertiary/aromatic N) is 5. The van der Waals surface area contributed by atoms with Crippen LogP contribution in [-0.4, -0.2) is 24.1 Å². The van der Waals surface area contributed by atoms with Crippen molar-refractivity contribution >= 4 is 54.8 Å². The molecule has 0 spiro atoms. The highest BCUT2D eigenvalue weighted by molar-refractivity contribution is 6.28. The Morgan fingerprint density at radius 1 is 0.491 bits per heavy atom. The van der Waals surface area contributed by atoms with E-state index in [9.17, 15) is 0 Å². The number of hydrogen-bond donors (Lipinski definition) is 0. The Morgan fingerprint density at radius 3 is 1.72 bits per heavy atom. The van der Waals surface area contributed by atoms with Crippen molar-refractivity contribution in [1.29, 1.82) is 0 Å². The summed E-state index contributed by atoms with van der Waals surface area (Å²) in [7, 11) is 0. The molecule has 0 bridgehead atoms. The first-order valence-electron chi connectivity index (χ1n) is 19.2. The second-order valence-corrected chi connectivity index (χ2v) is 14.2. The molecule has 0 fully saturated rings. The van der Waals surface area contributed by atoms with Gasteiger partial charge >= 0.3 is 0 Å². The lowest BCUT2D eigenvalue weighted by Crippen LogP contribution is -2.07. The second kappa shape index (κ2) is 14.2. The Morgan fingerprint density at radius 2 is 1.05 bits per heavy atom. The van der Waals surface area contributed by atoms with E-state index in [-0.39, 0.29) is 0 Å². The number of rotatable bonds is 8. The Hall–Kier alpha value is -7.63. The molecule has 5 nitrogen and oxygen atoms in total. The van der Waals surface area contributed by atoms with Gasteiger partial charge < -0.3 is 4.57 Å². The van der Waals surface area contributed by atoms with Gasteiger partial charge in [0.25, 0.3) is 0 Å². The highest BCUT2D eigenvalue weighted by atomic mass is 15.2. The lowest BCUT2D eigenvalue weighted by molar-refractivity contribution is 0.930. The number of benzene rings is 7. The van der Waals surface area contributed by atoms with Crippen molar-refractivity contribution in [3.8, 4) is 34.2 Å². The van der Waals surface area contributed by atoms with Gasteiger partial charge in [-0.1, -0.05) is 164 Å². The monoisotopic (exact) mass is 731 g/mol. The van der Waals surface area contributed by atoms with Gasteiger partial charge in [0.1, 0.15) is 0 Å². The Balaban J connectivity index is 1.22. The molecule has 270 valence electrons. The van der Waals surface area contributed by atoms with E-state index in [0.29, 0.717) is 17.6 Å². The molecule has 0 aliphatic rings. The van der Waals surface area contributed by atoms with E-state index >= 15 is 0 Å². The summed E-state index contributed by atoms with van der Waals surface area (Å²) in [5, 5.41) is 4.68. The Bertz CT molecular complexity index is 3190. The van der Waals surface area contributed by atoms with Crippen LogP contribution in [0, 0.1) is 0 Å². The standard InChI is InChI=1S/C52H37N5/c1-3-36(37-18-7-4-8-19-37)31-30-35(2)50-53-51(39-22-11-6-12-23-39)55-52(54-50)57-45-29-16-14-27-43(45)49-47(57)33-32-46-48(49)42-26-13-15-28-44(42)56(46)41-25-17-24-40(34-41)38-20-9-5-10-21-38/h3-34H,1H2,2H3/b35-30+,36-31+. The summed E-state index contributed by atoms with van der Waals surface area (Å²) < 4.78 is 4.60. The molecule has 0 N–H and O–H groups in total. The maximum absolute atomic E-state index is 5.22. The molecule has 7 aromatic carbocycles. The third-order valence-corrected chi connectivity index (χ3v) is 10.7. The second-order valence-electron chi connectivity index (χ2n) is 14.2. The fourth-order valence-electron chi connectivity index (χ4n) is 8.03. The van der Waals surface area contributed by atoms with Crippen LogP contribution in [-0.2, 0) is 0 Å². The highest BCUT2D eigenvalue weighted by Gasteiger charge is 2.22. The van der Waals surface area contributed by atoms with Crippen molar-refractivity contribution in [3.05, 3.63) is 212 Å². The first kappa shape index (κ1) is 33.9. The molecule has 10 rings (SSSR count). The van der Waals surface area contributed by atoms with Gasteiger partial charge in [-0.3, -0.25) is 4.57 Å². The van der Waals surface area contributed by atoms with Crippen LogP contribution in [0.2, 0.25) is 0 Å². The van der Waals surface area contributed by atoms with Crippen molar-refractivity contribution in [2.24, 2.45) is 0 Å². The lowest BCUT2D eigenvalue weighted by atomic mass is 10.0. The van der Waals surface area contributed by atoms with Crippen molar-refractivity contribution in [3.63, 3.8) is 0 Å². The molecule has 0 radical (unpaired) electrons. The molecule has 0 atom stereocenters. The fourth-order valence-corrected chi connectivity index (χ4v) is 8.03. The first-order valence-corrected chi connectivity index (χ1v) is 19.2. The van der Waals surface area contributed by atoms with E-state index in [4.69, 9.17) is 15.0 Å². The SMILES string of the molecule is C=C/C(=C\C=C(/C)c1nc(-c2ccccc2)nc(-n2c3ccccc3c3c4c5ccccc5n(-c5cccc(-c6ccccc6)c5)c4ccc32)n1)c1ccccc1. The molecule has 0 aliphatic carbocycles. The summed E-state index contributed by atoms with van der Waals surface area (Å²) in [4.78, 5) is 15.5. The minimum Gasteiger partial charge on any atom is -0.309 e. The third-order valence-electron chi connectivity index (χ3n) is 10.7. The van der Waals surface area contributed by atoms with E-state index in [1.54, 1.807) is 0 Å². The van der Waals surface area contributed by atoms with Gasteiger partial charge in [-0.2, -0.15) is 9.97 Å². The van der Waals surface area contributed by atoms with E-state index in [2.05, 4.69) is 155 Å². The Kier molecular flexibility index (Phi) is 8.46. The zero-order valence-electron chi connectivity index (χ0n) is 31.4. The number of hydrogen-bond acceptors (Lipinski definition) is 3. The molecule has 0 unspecified atom stereocenters. The molecule has 5 heteroatoms. The quantitative estimate of drug-likeness (QED) is 0.146. The van der Waals surface area contributed by atoms with Crippen LogP contribution in [0.4, 0.5) is 0 Å². The van der Waals surface area contributed by atoms with Crippen LogP contribution < -0.4 is 0 Å². The normalized spacial score (nSPS) is 12.2. The Labute approximate surface area is 330 Å². The van der Waals surface area contributed by atoms with Crippen molar-refractivity contribution in [2.75, 3.05) is 0 Å². The van der Waals surface area contributed by atoms with Gasteiger partial charge in [0.15, 0.2) is 11.6 Å². The third kappa shape index (κ3) is 5.94. The van der Waals surface area contributed by atoms with Gasteiger partial charge in [-0.05, 0) is 71.2 Å². The summed E-state index contributed by atoms with van der Waals surface area (Å²) in [6.45, 7) is 6.13. The molecule has 0 saturated heterocycles. The van der Waals surface area contributed by atoms with Crippen molar-refractivity contribution in [2.45, 2.75) is 6.92 Å². The van der Waals surface area contributed by atoms with Gasteiger partial charge in [0, 0.05) is 32.8 Å². The van der Waals surface area contributed by atoms with Gasteiger partial charge in [-0.25, -0.2) is 4.98 Å². The van der Waals surface area contributed by atoms with E-state index < -0.39 is 0 Å². The van der Waals surface area contributed by atoms with Crippen LogP contribution in [0.1, 0.15) is 18.3 Å². The molecule has 0 aliphatic heterocycles. The van der Waals surface area contributed by atoms with Crippen LogP contribution >= 0.6 is 0 Å². The van der Waals surface area contributed by atoms with Crippen LogP contribution in [0.25, 0.3) is 88.9 Å². The lowest BCUT2D eigenvalue weighted by Gasteiger charge is -2.12. The van der Waals surface area contributed by atoms with E-state index in [0.717, 1.165) is 60.8 Å². The zero-order chi connectivity index (χ0) is 38.3. The predicted molar refractivity (Wildman–Crippen MR) is 238 cm³/mol. The topological polar surface area (TPSA) is 48.5 Å². The van der Waals surface area contributed by atoms with Gasteiger partial charge in [0.05, 0.1) is 22.1 Å². The number of aromatic nitrogens is 5. The largest absolute Gasteiger partial charge is 0.309 e. The van der Waals surface area contributed by atoms with Crippen LogP contribution in [0.5, 0.6) is 0 Å². The molecule has 3 heterocycles. The molecule has 0 amide bonds. The van der Waals surface area contributed by atoms with Gasteiger partial charge in [0.2, 0.25) is 5.95 Å². The first-order chi connectivity index (χ1) is 28.2. The minimum absolute atomic E-state index is 0.562. The average molecular weight is 732 g/mol.